The number of ether oxygens (including phenoxy) is 1. The molecule has 1 saturated heterocycles. The number of halogens is 1. The van der Waals surface area contributed by atoms with Crippen molar-refractivity contribution < 1.29 is 9.13 Å². The predicted molar refractivity (Wildman–Crippen MR) is 70.6 cm³/mol. The van der Waals surface area contributed by atoms with Gasteiger partial charge in [0, 0.05) is 19.1 Å². The van der Waals surface area contributed by atoms with Gasteiger partial charge in [0.05, 0.1) is 17.6 Å². The van der Waals surface area contributed by atoms with Crippen LogP contribution in [-0.2, 0) is 11.3 Å². The van der Waals surface area contributed by atoms with Gasteiger partial charge >= 0.3 is 0 Å². The van der Waals surface area contributed by atoms with E-state index < -0.39 is 0 Å². The fraction of sp³-hybridized carbons (Fsp3) is 0.462. The van der Waals surface area contributed by atoms with Crippen LogP contribution in [-0.4, -0.2) is 22.8 Å². The minimum absolute atomic E-state index is 0.244. The molecule has 1 atom stereocenters. The largest absolute Gasteiger partial charge is 0.381 e. The normalized spacial score (nSPS) is 20.4. The third-order valence-electron chi connectivity index (χ3n) is 3.43. The van der Waals surface area contributed by atoms with E-state index in [1.54, 1.807) is 6.07 Å². The molecule has 1 fully saturated rings. The molecular formula is C13H15FN2OS. The first kappa shape index (κ1) is 11.9. The lowest BCUT2D eigenvalue weighted by molar-refractivity contribution is 0.0486. The third-order valence-corrected chi connectivity index (χ3v) is 3.75. The highest BCUT2D eigenvalue weighted by atomic mass is 32.1. The maximum atomic E-state index is 13.2. The Kier molecular flexibility index (Phi) is 3.18. The molecule has 96 valence electrons. The zero-order valence-electron chi connectivity index (χ0n) is 9.99. The zero-order valence-corrected chi connectivity index (χ0v) is 10.8. The van der Waals surface area contributed by atoms with Gasteiger partial charge in [0.2, 0.25) is 0 Å². The minimum atomic E-state index is -0.244. The van der Waals surface area contributed by atoms with Crippen molar-refractivity contribution >= 4 is 23.3 Å². The molecule has 1 aromatic heterocycles. The summed E-state index contributed by atoms with van der Waals surface area (Å²) < 4.78 is 21.3. The number of nitrogens with one attached hydrogen (secondary N) is 1. The maximum absolute atomic E-state index is 13.2. The number of imidazole rings is 1. The van der Waals surface area contributed by atoms with Crippen LogP contribution < -0.4 is 0 Å². The van der Waals surface area contributed by atoms with E-state index in [1.165, 1.54) is 12.1 Å². The lowest BCUT2D eigenvalue weighted by Gasteiger charge is -2.22. The molecule has 1 aliphatic heterocycles. The Morgan fingerprint density at radius 3 is 3.17 bits per heavy atom. The van der Waals surface area contributed by atoms with E-state index >= 15 is 0 Å². The van der Waals surface area contributed by atoms with Gasteiger partial charge in [-0.3, -0.25) is 0 Å². The molecular weight excluding hydrogens is 251 g/mol. The quantitative estimate of drug-likeness (QED) is 0.846. The van der Waals surface area contributed by atoms with Crippen molar-refractivity contribution in [3.8, 4) is 0 Å². The summed E-state index contributed by atoms with van der Waals surface area (Å²) >= 11 is 5.31. The van der Waals surface area contributed by atoms with Gasteiger partial charge in [0.1, 0.15) is 5.82 Å². The van der Waals surface area contributed by atoms with Crippen LogP contribution in [0, 0.1) is 16.5 Å². The number of fused-ring (bicyclic) bond motifs is 1. The summed E-state index contributed by atoms with van der Waals surface area (Å²) in [5, 5.41) is 0. The Bertz CT molecular complexity index is 613. The standard InChI is InChI=1S/C13H15FN2OS/c14-10-3-4-12-11(6-10)15-13(18)16(12)7-9-2-1-5-17-8-9/h3-4,6,9H,1-2,5,7-8H2,(H,15,18). The molecule has 0 spiro atoms. The van der Waals surface area contributed by atoms with Crippen molar-refractivity contribution in [1.82, 2.24) is 9.55 Å². The number of hydrogen-bond acceptors (Lipinski definition) is 2. The predicted octanol–water partition coefficient (Wildman–Crippen LogP) is 3.26. The van der Waals surface area contributed by atoms with E-state index in [-0.39, 0.29) is 5.82 Å². The second-order valence-electron chi connectivity index (χ2n) is 4.79. The molecule has 1 aromatic carbocycles. The van der Waals surface area contributed by atoms with Crippen LogP contribution in [0.1, 0.15) is 12.8 Å². The zero-order chi connectivity index (χ0) is 12.5. The maximum Gasteiger partial charge on any atom is 0.178 e. The van der Waals surface area contributed by atoms with Crippen molar-refractivity contribution in [3.05, 3.63) is 28.8 Å². The first-order valence-corrected chi connectivity index (χ1v) is 6.60. The number of rotatable bonds is 2. The Labute approximate surface area is 110 Å². The number of benzene rings is 1. The molecule has 3 nitrogen and oxygen atoms in total. The number of aromatic nitrogens is 2. The van der Waals surface area contributed by atoms with Crippen molar-refractivity contribution in [2.45, 2.75) is 19.4 Å². The van der Waals surface area contributed by atoms with E-state index in [0.717, 1.165) is 43.6 Å². The lowest BCUT2D eigenvalue weighted by atomic mass is 10.0. The molecule has 0 radical (unpaired) electrons. The second-order valence-corrected chi connectivity index (χ2v) is 5.17. The summed E-state index contributed by atoms with van der Waals surface area (Å²) in [5.74, 6) is 0.251. The topological polar surface area (TPSA) is 29.9 Å². The molecule has 3 rings (SSSR count). The van der Waals surface area contributed by atoms with Crippen LogP contribution >= 0.6 is 12.2 Å². The van der Waals surface area contributed by atoms with Crippen molar-refractivity contribution in [3.63, 3.8) is 0 Å². The Balaban J connectivity index is 1.95. The lowest BCUT2D eigenvalue weighted by Crippen LogP contribution is -2.22. The summed E-state index contributed by atoms with van der Waals surface area (Å²) in [5.41, 5.74) is 1.73. The SMILES string of the molecule is Fc1ccc2c(c1)[nH]c(=S)n2CC1CCCOC1. The molecule has 0 bridgehead atoms. The molecule has 1 N–H and O–H groups in total. The summed E-state index contributed by atoms with van der Waals surface area (Å²) in [6.45, 7) is 2.49. The van der Waals surface area contributed by atoms with Crippen LogP contribution in [0.25, 0.3) is 11.0 Å². The monoisotopic (exact) mass is 266 g/mol. The van der Waals surface area contributed by atoms with Gasteiger partial charge in [-0.1, -0.05) is 0 Å². The molecule has 0 amide bonds. The van der Waals surface area contributed by atoms with Crippen LogP contribution in [0.3, 0.4) is 0 Å². The van der Waals surface area contributed by atoms with Gasteiger partial charge in [-0.25, -0.2) is 4.39 Å². The molecule has 0 aliphatic carbocycles. The van der Waals surface area contributed by atoms with Crippen LogP contribution in [0.4, 0.5) is 4.39 Å². The van der Waals surface area contributed by atoms with Crippen LogP contribution in [0.15, 0.2) is 18.2 Å². The highest BCUT2D eigenvalue weighted by Gasteiger charge is 2.16. The highest BCUT2D eigenvalue weighted by molar-refractivity contribution is 7.71. The number of H-pyrrole nitrogens is 1. The van der Waals surface area contributed by atoms with Gasteiger partial charge in [0.15, 0.2) is 4.77 Å². The Hall–Kier alpha value is -1.20. The molecule has 0 saturated carbocycles. The molecule has 18 heavy (non-hydrogen) atoms. The van der Waals surface area contributed by atoms with Crippen LogP contribution in [0.2, 0.25) is 0 Å². The fourth-order valence-corrected chi connectivity index (χ4v) is 2.81. The third kappa shape index (κ3) is 2.20. The van der Waals surface area contributed by atoms with E-state index in [1.807, 2.05) is 4.57 Å². The minimum Gasteiger partial charge on any atom is -0.381 e. The number of hydrogen-bond donors (Lipinski definition) is 1. The first-order chi connectivity index (χ1) is 8.74. The van der Waals surface area contributed by atoms with E-state index in [4.69, 9.17) is 17.0 Å². The molecule has 1 aliphatic rings. The molecule has 1 unspecified atom stereocenters. The molecule has 2 heterocycles. The highest BCUT2D eigenvalue weighted by Crippen LogP contribution is 2.21. The molecule has 2 aromatic rings. The summed E-state index contributed by atoms with van der Waals surface area (Å²) in [6.07, 6.45) is 2.27. The van der Waals surface area contributed by atoms with Gasteiger partial charge in [-0.05, 0) is 43.3 Å². The number of nitrogens with zero attached hydrogens (tertiary/aromatic N) is 1. The van der Waals surface area contributed by atoms with Gasteiger partial charge in [0.25, 0.3) is 0 Å². The van der Waals surface area contributed by atoms with Crippen LogP contribution in [0.5, 0.6) is 0 Å². The smallest absolute Gasteiger partial charge is 0.178 e. The number of aromatic amines is 1. The van der Waals surface area contributed by atoms with Crippen molar-refractivity contribution in [2.75, 3.05) is 13.2 Å². The van der Waals surface area contributed by atoms with Crippen molar-refractivity contribution in [1.29, 1.82) is 0 Å². The van der Waals surface area contributed by atoms with Gasteiger partial charge < -0.3 is 14.3 Å². The first-order valence-electron chi connectivity index (χ1n) is 6.20. The Morgan fingerprint density at radius 2 is 2.39 bits per heavy atom. The fourth-order valence-electron chi connectivity index (χ4n) is 2.53. The van der Waals surface area contributed by atoms with Crippen molar-refractivity contribution in [2.24, 2.45) is 5.92 Å². The average molecular weight is 266 g/mol. The second kappa shape index (κ2) is 4.82. The summed E-state index contributed by atoms with van der Waals surface area (Å²) in [6, 6.07) is 4.73. The van der Waals surface area contributed by atoms with Gasteiger partial charge in [-0.15, -0.1) is 0 Å². The Morgan fingerprint density at radius 1 is 1.50 bits per heavy atom. The van der Waals surface area contributed by atoms with Gasteiger partial charge in [-0.2, -0.15) is 0 Å². The van der Waals surface area contributed by atoms with E-state index in [2.05, 4.69) is 4.98 Å². The van der Waals surface area contributed by atoms with E-state index in [9.17, 15) is 4.39 Å². The average Bonchev–Trinajstić information content (AvgIpc) is 2.66. The molecule has 5 heteroatoms. The van der Waals surface area contributed by atoms with E-state index in [0.29, 0.717) is 10.7 Å². The summed E-state index contributed by atoms with van der Waals surface area (Å²) in [7, 11) is 0. The summed E-state index contributed by atoms with van der Waals surface area (Å²) in [4.78, 5) is 3.05.